The maximum absolute atomic E-state index is 8.84. The summed E-state index contributed by atoms with van der Waals surface area (Å²) < 4.78 is 0. The van der Waals surface area contributed by atoms with Crippen molar-refractivity contribution in [1.82, 2.24) is 10.2 Å². The number of hydrogen-bond acceptors (Lipinski definition) is 4. The second-order valence-electron chi connectivity index (χ2n) is 3.72. The molecule has 0 unspecified atom stereocenters. The number of aromatic nitrogens is 2. The third-order valence-electron chi connectivity index (χ3n) is 2.71. The maximum atomic E-state index is 8.84. The number of aliphatic hydroxyl groups is 1. The number of rotatable bonds is 5. The molecule has 0 aliphatic heterocycles. The molecule has 0 amide bonds. The van der Waals surface area contributed by atoms with Crippen molar-refractivity contribution in [3.05, 3.63) is 16.3 Å². The van der Waals surface area contributed by atoms with Crippen molar-refractivity contribution in [2.75, 3.05) is 24.6 Å². The molecule has 5 heteroatoms. The van der Waals surface area contributed by atoms with E-state index < -0.39 is 0 Å². The van der Waals surface area contributed by atoms with Gasteiger partial charge in [-0.1, -0.05) is 11.6 Å². The summed E-state index contributed by atoms with van der Waals surface area (Å²) in [5, 5.41) is 17.4. The summed E-state index contributed by atoms with van der Waals surface area (Å²) in [6, 6.07) is 0. The predicted octanol–water partition coefficient (Wildman–Crippen LogP) is 1.96. The summed E-state index contributed by atoms with van der Waals surface area (Å²) in [6.07, 6.45) is 0.733. The van der Waals surface area contributed by atoms with E-state index in [0.29, 0.717) is 5.15 Å². The van der Waals surface area contributed by atoms with Gasteiger partial charge >= 0.3 is 0 Å². The summed E-state index contributed by atoms with van der Waals surface area (Å²) in [6.45, 7) is 7.81. The van der Waals surface area contributed by atoms with Crippen LogP contribution in [0.2, 0.25) is 5.15 Å². The fourth-order valence-electron chi connectivity index (χ4n) is 1.54. The van der Waals surface area contributed by atoms with Gasteiger partial charge < -0.3 is 10.0 Å². The zero-order valence-corrected chi connectivity index (χ0v) is 10.8. The van der Waals surface area contributed by atoms with Crippen LogP contribution in [0.1, 0.15) is 24.5 Å². The molecule has 1 rings (SSSR count). The third kappa shape index (κ3) is 2.83. The molecule has 0 radical (unpaired) electrons. The molecule has 1 N–H and O–H groups in total. The molecule has 1 aromatic rings. The molecular formula is C11H18ClN3O. The van der Waals surface area contributed by atoms with Gasteiger partial charge in [0.25, 0.3) is 0 Å². The normalized spacial score (nSPS) is 10.6. The van der Waals surface area contributed by atoms with Gasteiger partial charge in [-0.2, -0.15) is 0 Å². The Morgan fingerprint density at radius 3 is 2.50 bits per heavy atom. The summed E-state index contributed by atoms with van der Waals surface area (Å²) in [5.74, 6) is 0.859. The van der Waals surface area contributed by atoms with E-state index in [9.17, 15) is 0 Å². The van der Waals surface area contributed by atoms with Gasteiger partial charge in [-0.3, -0.25) is 0 Å². The lowest BCUT2D eigenvalue weighted by Gasteiger charge is -2.23. The van der Waals surface area contributed by atoms with Crippen molar-refractivity contribution in [3.8, 4) is 0 Å². The van der Waals surface area contributed by atoms with Crippen molar-refractivity contribution in [2.45, 2.75) is 27.2 Å². The van der Waals surface area contributed by atoms with Crippen molar-refractivity contribution in [2.24, 2.45) is 0 Å². The van der Waals surface area contributed by atoms with E-state index in [0.717, 1.165) is 36.5 Å². The van der Waals surface area contributed by atoms with Gasteiger partial charge in [-0.05, 0) is 38.3 Å². The molecule has 0 atom stereocenters. The number of anilines is 1. The lowest BCUT2D eigenvalue weighted by Crippen LogP contribution is -2.27. The number of aliphatic hydroxyl groups excluding tert-OH is 1. The minimum atomic E-state index is 0.190. The predicted molar refractivity (Wildman–Crippen MR) is 66.1 cm³/mol. The van der Waals surface area contributed by atoms with Crippen molar-refractivity contribution < 1.29 is 5.11 Å². The van der Waals surface area contributed by atoms with Gasteiger partial charge in [0.1, 0.15) is 0 Å². The van der Waals surface area contributed by atoms with Crippen LogP contribution < -0.4 is 4.90 Å². The molecule has 0 aliphatic rings. The summed E-state index contributed by atoms with van der Waals surface area (Å²) >= 11 is 5.91. The molecule has 1 aromatic heterocycles. The standard InChI is InChI=1S/C11H18ClN3O/c1-4-15(6-5-7-16)11-9(3)8(2)10(12)13-14-11/h16H,4-7H2,1-3H3. The molecule has 4 nitrogen and oxygen atoms in total. The van der Waals surface area contributed by atoms with Gasteiger partial charge in [-0.25, -0.2) is 0 Å². The third-order valence-corrected chi connectivity index (χ3v) is 3.07. The van der Waals surface area contributed by atoms with Crippen LogP contribution in [0.15, 0.2) is 0 Å². The molecule has 0 bridgehead atoms. The minimum Gasteiger partial charge on any atom is -0.396 e. The maximum Gasteiger partial charge on any atom is 0.155 e. The fourth-order valence-corrected chi connectivity index (χ4v) is 1.72. The molecule has 1 heterocycles. The number of hydrogen-bond donors (Lipinski definition) is 1. The fraction of sp³-hybridized carbons (Fsp3) is 0.636. The Bertz CT molecular complexity index is 357. The van der Waals surface area contributed by atoms with Gasteiger partial charge in [0.2, 0.25) is 0 Å². The lowest BCUT2D eigenvalue weighted by molar-refractivity contribution is 0.289. The highest BCUT2D eigenvalue weighted by Gasteiger charge is 2.13. The molecule has 90 valence electrons. The molecule has 0 aromatic carbocycles. The van der Waals surface area contributed by atoms with Crippen molar-refractivity contribution in [3.63, 3.8) is 0 Å². The first-order chi connectivity index (χ1) is 7.61. The summed E-state index contributed by atoms with van der Waals surface area (Å²) in [7, 11) is 0. The highest BCUT2D eigenvalue weighted by atomic mass is 35.5. The van der Waals surface area contributed by atoms with Gasteiger partial charge in [0.05, 0.1) is 0 Å². The zero-order chi connectivity index (χ0) is 12.1. The monoisotopic (exact) mass is 243 g/mol. The average Bonchev–Trinajstić information content (AvgIpc) is 2.29. The van der Waals surface area contributed by atoms with Crippen LogP contribution in [0.5, 0.6) is 0 Å². The van der Waals surface area contributed by atoms with Crippen LogP contribution in [0.4, 0.5) is 5.82 Å². The first-order valence-corrected chi connectivity index (χ1v) is 5.84. The molecule has 0 fully saturated rings. The zero-order valence-electron chi connectivity index (χ0n) is 10.00. The Kier molecular flexibility index (Phi) is 4.96. The van der Waals surface area contributed by atoms with Crippen LogP contribution in [0.25, 0.3) is 0 Å². The first kappa shape index (κ1) is 13.2. The van der Waals surface area contributed by atoms with Gasteiger partial charge in [0, 0.05) is 19.7 Å². The van der Waals surface area contributed by atoms with Crippen LogP contribution in [0.3, 0.4) is 0 Å². The van der Waals surface area contributed by atoms with Gasteiger partial charge in [0.15, 0.2) is 11.0 Å². The molecule has 0 aliphatic carbocycles. The highest BCUT2D eigenvalue weighted by Crippen LogP contribution is 2.23. The van der Waals surface area contributed by atoms with Crippen LogP contribution in [-0.2, 0) is 0 Å². The van der Waals surface area contributed by atoms with Gasteiger partial charge in [-0.15, -0.1) is 10.2 Å². The molecule has 16 heavy (non-hydrogen) atoms. The second-order valence-corrected chi connectivity index (χ2v) is 4.08. The Morgan fingerprint density at radius 2 is 1.94 bits per heavy atom. The Labute approximate surface area is 101 Å². The SMILES string of the molecule is CCN(CCCO)c1nnc(Cl)c(C)c1C. The van der Waals surface area contributed by atoms with Crippen LogP contribution >= 0.6 is 11.6 Å². The first-order valence-electron chi connectivity index (χ1n) is 5.47. The average molecular weight is 244 g/mol. The van der Waals surface area contributed by atoms with E-state index in [4.69, 9.17) is 16.7 Å². The second kappa shape index (κ2) is 6.01. The summed E-state index contributed by atoms with van der Waals surface area (Å²) in [5.41, 5.74) is 2.02. The topological polar surface area (TPSA) is 49.2 Å². The molecular weight excluding hydrogens is 226 g/mol. The Balaban J connectivity index is 2.96. The van der Waals surface area contributed by atoms with E-state index in [1.807, 2.05) is 13.8 Å². The highest BCUT2D eigenvalue weighted by molar-refractivity contribution is 6.30. The number of nitrogens with zero attached hydrogens (tertiary/aromatic N) is 3. The van der Waals surface area contributed by atoms with E-state index >= 15 is 0 Å². The lowest BCUT2D eigenvalue weighted by atomic mass is 10.2. The van der Waals surface area contributed by atoms with E-state index in [1.165, 1.54) is 0 Å². The Hall–Kier alpha value is -0.870. The van der Waals surface area contributed by atoms with E-state index in [-0.39, 0.29) is 6.61 Å². The molecule has 0 saturated heterocycles. The minimum absolute atomic E-state index is 0.190. The quantitative estimate of drug-likeness (QED) is 0.859. The molecule has 0 spiro atoms. The van der Waals surface area contributed by atoms with Crippen molar-refractivity contribution in [1.29, 1.82) is 0 Å². The van der Waals surface area contributed by atoms with Crippen molar-refractivity contribution >= 4 is 17.4 Å². The van der Waals surface area contributed by atoms with Crippen LogP contribution in [-0.4, -0.2) is 35.0 Å². The molecule has 0 saturated carbocycles. The van der Waals surface area contributed by atoms with E-state index in [2.05, 4.69) is 22.0 Å². The van der Waals surface area contributed by atoms with Crippen LogP contribution in [0, 0.1) is 13.8 Å². The largest absolute Gasteiger partial charge is 0.396 e. The number of halogens is 1. The summed E-state index contributed by atoms with van der Waals surface area (Å²) in [4.78, 5) is 2.10. The smallest absolute Gasteiger partial charge is 0.155 e. The Morgan fingerprint density at radius 1 is 1.25 bits per heavy atom. The van der Waals surface area contributed by atoms with E-state index in [1.54, 1.807) is 0 Å².